The summed E-state index contributed by atoms with van der Waals surface area (Å²) in [6, 6.07) is 12.8. The fourth-order valence-electron chi connectivity index (χ4n) is 7.29. The first-order chi connectivity index (χ1) is 26.1. The average Bonchev–Trinajstić information content (AvgIpc) is 3.90. The maximum atomic E-state index is 13.2. The van der Waals surface area contributed by atoms with Gasteiger partial charge in [0.25, 0.3) is 5.91 Å². The molecule has 8 rings (SSSR count). The molecule has 5 aromatic rings. The lowest BCUT2D eigenvalue weighted by Crippen LogP contribution is -2.52. The number of allylic oxidation sites excluding steroid dienone is 1. The van der Waals surface area contributed by atoms with Crippen LogP contribution in [0.4, 0.5) is 0 Å². The van der Waals surface area contributed by atoms with Crippen molar-refractivity contribution in [1.82, 2.24) is 34.5 Å². The summed E-state index contributed by atoms with van der Waals surface area (Å²) in [6.45, 7) is 7.82. The SMILES string of the molecule is Cc1c(C#Cc2cn(CCCC(C)/C=C/c3cccc4c3CN(C3CCC(=O)NC3=O)C4=O)cn2)sc2c1C(c1ccc(Cl)cc1)=NCc1nnc(C)n1-2. The third kappa shape index (κ3) is 6.81. The minimum absolute atomic E-state index is 0.161. The molecule has 3 aromatic heterocycles. The van der Waals surface area contributed by atoms with E-state index in [-0.39, 0.29) is 18.2 Å². The second-order valence-corrected chi connectivity index (χ2v) is 15.3. The van der Waals surface area contributed by atoms with E-state index in [9.17, 15) is 14.4 Å². The van der Waals surface area contributed by atoms with Crippen molar-refractivity contribution in [3.05, 3.63) is 122 Å². The standard InChI is InChI=1S/C41H37ClN8O3S/c1-24(9-10-27-7-4-8-31-32(27)22-49(40(31)53)33-16-18-36(51)45-39(33)52)6-5-19-48-21-30(44-23-48)15-17-34-25(2)37-38(28-11-13-29(42)14-12-28)43-20-35-47-46-26(3)50(35)41(37)54-34/h4,7-14,21,23-24,33H,5-6,16,18-20,22H2,1-3H3,(H,45,51,52)/b10-9+. The van der Waals surface area contributed by atoms with Crippen molar-refractivity contribution in [3.8, 4) is 16.8 Å². The zero-order valence-electron chi connectivity index (χ0n) is 30.1. The van der Waals surface area contributed by atoms with Crippen molar-refractivity contribution in [2.75, 3.05) is 0 Å². The van der Waals surface area contributed by atoms with Crippen LogP contribution in [0.15, 0.2) is 66.1 Å². The number of halogens is 1. The summed E-state index contributed by atoms with van der Waals surface area (Å²) in [7, 11) is 0. The molecule has 2 atom stereocenters. The number of hydrogen-bond donors (Lipinski definition) is 1. The highest BCUT2D eigenvalue weighted by Gasteiger charge is 2.39. The molecular weight excluding hydrogens is 720 g/mol. The van der Waals surface area contributed by atoms with Crippen LogP contribution in [0.25, 0.3) is 11.1 Å². The Labute approximate surface area is 321 Å². The number of benzene rings is 2. The van der Waals surface area contributed by atoms with E-state index in [2.05, 4.69) is 67.5 Å². The highest BCUT2D eigenvalue weighted by molar-refractivity contribution is 7.15. The number of carbonyl (C=O) groups excluding carboxylic acids is 3. The molecule has 1 N–H and O–H groups in total. The number of carbonyl (C=O) groups is 3. The van der Waals surface area contributed by atoms with Crippen LogP contribution in [0.5, 0.6) is 0 Å². The van der Waals surface area contributed by atoms with Gasteiger partial charge in [-0.3, -0.25) is 29.3 Å². The Morgan fingerprint density at radius 2 is 1.93 bits per heavy atom. The molecule has 11 nitrogen and oxygen atoms in total. The summed E-state index contributed by atoms with van der Waals surface area (Å²) in [5.74, 6) is 7.73. The third-order valence-corrected chi connectivity index (χ3v) is 11.6. The number of fused-ring (bicyclic) bond motifs is 4. The van der Waals surface area contributed by atoms with E-state index in [1.165, 1.54) is 0 Å². The van der Waals surface area contributed by atoms with Gasteiger partial charge in [-0.1, -0.05) is 54.9 Å². The monoisotopic (exact) mass is 756 g/mol. The molecular formula is C41H37ClN8O3S. The molecule has 3 amide bonds. The molecule has 3 aliphatic rings. The summed E-state index contributed by atoms with van der Waals surface area (Å²) in [5.41, 5.74) is 7.18. The minimum atomic E-state index is -0.625. The molecule has 13 heteroatoms. The molecule has 1 fully saturated rings. The lowest BCUT2D eigenvalue weighted by Gasteiger charge is -2.29. The first kappa shape index (κ1) is 35.4. The Bertz CT molecular complexity index is 2440. The van der Waals surface area contributed by atoms with Crippen LogP contribution in [0, 0.1) is 31.6 Å². The van der Waals surface area contributed by atoms with Crippen molar-refractivity contribution in [1.29, 1.82) is 0 Å². The van der Waals surface area contributed by atoms with E-state index in [1.807, 2.05) is 61.9 Å². The highest BCUT2D eigenvalue weighted by atomic mass is 35.5. The number of nitrogens with zero attached hydrogens (tertiary/aromatic N) is 7. The smallest absolute Gasteiger partial charge is 0.255 e. The predicted octanol–water partition coefficient (Wildman–Crippen LogP) is 6.44. The molecule has 1 saturated heterocycles. The minimum Gasteiger partial charge on any atom is -0.336 e. The summed E-state index contributed by atoms with van der Waals surface area (Å²) in [5, 5.41) is 12.8. The molecule has 0 radical (unpaired) electrons. The van der Waals surface area contributed by atoms with E-state index >= 15 is 0 Å². The number of imidazole rings is 1. The average molecular weight is 757 g/mol. The van der Waals surface area contributed by atoms with Crippen LogP contribution in [-0.2, 0) is 29.2 Å². The number of hydrogen-bond acceptors (Lipinski definition) is 8. The maximum absolute atomic E-state index is 13.2. The van der Waals surface area contributed by atoms with Crippen molar-refractivity contribution in [2.24, 2.45) is 10.9 Å². The third-order valence-electron chi connectivity index (χ3n) is 10.2. The molecule has 0 saturated carbocycles. The van der Waals surface area contributed by atoms with Gasteiger partial charge in [-0.15, -0.1) is 21.5 Å². The lowest BCUT2D eigenvalue weighted by molar-refractivity contribution is -0.136. The normalized spacial score (nSPS) is 17.0. The maximum Gasteiger partial charge on any atom is 0.255 e. The number of thiophene rings is 1. The molecule has 54 heavy (non-hydrogen) atoms. The van der Waals surface area contributed by atoms with Crippen molar-refractivity contribution in [2.45, 2.75) is 72.1 Å². The number of piperidine rings is 1. The molecule has 0 spiro atoms. The van der Waals surface area contributed by atoms with Crippen molar-refractivity contribution >= 4 is 52.4 Å². The molecule has 0 bridgehead atoms. The fraction of sp³-hybridized carbons (Fsp3) is 0.293. The first-order valence-electron chi connectivity index (χ1n) is 18.0. The zero-order valence-corrected chi connectivity index (χ0v) is 31.7. The topological polar surface area (TPSA) is 127 Å². The van der Waals surface area contributed by atoms with E-state index in [1.54, 1.807) is 16.2 Å². The Kier molecular flexibility index (Phi) is 9.60. The summed E-state index contributed by atoms with van der Waals surface area (Å²) < 4.78 is 4.16. The van der Waals surface area contributed by atoms with E-state index < -0.39 is 11.9 Å². The molecule has 0 aliphatic carbocycles. The van der Waals surface area contributed by atoms with Gasteiger partial charge in [0.15, 0.2) is 5.82 Å². The van der Waals surface area contributed by atoms with Gasteiger partial charge in [-0.25, -0.2) is 4.98 Å². The van der Waals surface area contributed by atoms with Gasteiger partial charge in [0.1, 0.15) is 29.1 Å². The predicted molar refractivity (Wildman–Crippen MR) is 208 cm³/mol. The highest BCUT2D eigenvalue weighted by Crippen LogP contribution is 2.37. The van der Waals surface area contributed by atoms with Crippen LogP contribution in [0.3, 0.4) is 0 Å². The van der Waals surface area contributed by atoms with Crippen molar-refractivity contribution in [3.63, 3.8) is 0 Å². The molecule has 272 valence electrons. The van der Waals surface area contributed by atoms with Crippen LogP contribution < -0.4 is 5.32 Å². The summed E-state index contributed by atoms with van der Waals surface area (Å²) in [4.78, 5) is 49.4. The Hall–Kier alpha value is -5.64. The van der Waals surface area contributed by atoms with Gasteiger partial charge in [0.05, 0.1) is 16.9 Å². The van der Waals surface area contributed by atoms with Crippen LogP contribution >= 0.6 is 22.9 Å². The van der Waals surface area contributed by atoms with E-state index in [0.29, 0.717) is 41.7 Å². The van der Waals surface area contributed by atoms with Crippen molar-refractivity contribution < 1.29 is 14.4 Å². The molecule has 2 unspecified atom stereocenters. The zero-order chi connectivity index (χ0) is 37.5. The number of imide groups is 1. The van der Waals surface area contributed by atoms with Crippen LogP contribution in [-0.4, -0.2) is 58.7 Å². The van der Waals surface area contributed by atoms with E-state index in [0.717, 1.165) is 74.4 Å². The van der Waals surface area contributed by atoms with Gasteiger partial charge in [-0.05, 0) is 85.8 Å². The fourth-order valence-corrected chi connectivity index (χ4v) is 8.65. The summed E-state index contributed by atoms with van der Waals surface area (Å²) >= 11 is 7.82. The largest absolute Gasteiger partial charge is 0.336 e. The van der Waals surface area contributed by atoms with Gasteiger partial charge in [0, 0.05) is 47.4 Å². The quantitative estimate of drug-likeness (QED) is 0.144. The second-order valence-electron chi connectivity index (χ2n) is 13.9. The lowest BCUT2D eigenvalue weighted by atomic mass is 9.99. The number of amides is 3. The number of aromatic nitrogens is 5. The van der Waals surface area contributed by atoms with Crippen LogP contribution in [0.2, 0.25) is 5.02 Å². The Balaban J connectivity index is 0.914. The number of aliphatic imine (C=N–C) groups is 1. The number of nitrogens with one attached hydrogen (secondary N) is 1. The van der Waals surface area contributed by atoms with Gasteiger partial charge < -0.3 is 9.47 Å². The first-order valence-corrected chi connectivity index (χ1v) is 19.2. The van der Waals surface area contributed by atoms with Gasteiger partial charge >= 0.3 is 0 Å². The number of rotatable bonds is 8. The van der Waals surface area contributed by atoms with E-state index in [4.69, 9.17) is 16.6 Å². The molecule has 2 aromatic carbocycles. The summed E-state index contributed by atoms with van der Waals surface area (Å²) in [6.07, 6.45) is 10.6. The van der Waals surface area contributed by atoms with Crippen LogP contribution in [0.1, 0.15) is 93.0 Å². The Morgan fingerprint density at radius 3 is 2.74 bits per heavy atom. The second kappa shape index (κ2) is 14.6. The van der Waals surface area contributed by atoms with Gasteiger partial charge in [-0.2, -0.15) is 0 Å². The Morgan fingerprint density at radius 1 is 1.09 bits per heavy atom. The molecule has 6 heterocycles. The number of aryl methyl sites for hydroxylation is 2. The molecule has 3 aliphatic heterocycles. The van der Waals surface area contributed by atoms with Gasteiger partial charge in [0.2, 0.25) is 11.8 Å².